The molecule has 2 heterocycles. The predicted octanol–water partition coefficient (Wildman–Crippen LogP) is 1.24. The number of aromatic nitrogens is 3. The van der Waals surface area contributed by atoms with E-state index in [1.807, 2.05) is 0 Å². The number of nitrogens with two attached hydrogens (primary N) is 1. The number of thiazole rings is 1. The van der Waals surface area contributed by atoms with Gasteiger partial charge in [0.1, 0.15) is 16.6 Å². The molecule has 0 fully saturated rings. The second-order valence-corrected chi connectivity index (χ2v) is 5.43. The molecule has 7 nitrogen and oxygen atoms in total. The first-order valence-corrected chi connectivity index (χ1v) is 7.14. The minimum Gasteiger partial charge on any atom is -0.383 e. The van der Waals surface area contributed by atoms with Gasteiger partial charge in [0.15, 0.2) is 0 Å². The van der Waals surface area contributed by atoms with Crippen LogP contribution in [0.4, 0.5) is 5.82 Å². The van der Waals surface area contributed by atoms with Crippen molar-refractivity contribution in [2.24, 2.45) is 0 Å². The first-order chi connectivity index (χ1) is 8.95. The first kappa shape index (κ1) is 13.8. The highest BCUT2D eigenvalue weighted by molar-refractivity contribution is 7.74. The Hall–Kier alpha value is -1.58. The lowest BCUT2D eigenvalue weighted by Crippen LogP contribution is -2.01. The Morgan fingerprint density at radius 3 is 2.84 bits per heavy atom. The normalized spacial score (nSPS) is 12.4. The largest absolute Gasteiger partial charge is 0.383 e. The molecule has 102 valence electrons. The van der Waals surface area contributed by atoms with Gasteiger partial charge in [0, 0.05) is 18.2 Å². The van der Waals surface area contributed by atoms with Crippen molar-refractivity contribution in [3.8, 4) is 5.06 Å². The molecule has 1 atom stereocenters. The summed E-state index contributed by atoms with van der Waals surface area (Å²) in [6.07, 6.45) is 2.11. The lowest BCUT2D eigenvalue weighted by Gasteiger charge is -2.02. The molecule has 0 aliphatic rings. The maximum absolute atomic E-state index is 10.6. The van der Waals surface area contributed by atoms with Crippen LogP contribution < -0.4 is 9.92 Å². The van der Waals surface area contributed by atoms with Gasteiger partial charge in [0.05, 0.1) is 5.69 Å². The van der Waals surface area contributed by atoms with Crippen LogP contribution in [0.1, 0.15) is 22.1 Å². The molecule has 9 heteroatoms. The fourth-order valence-corrected chi connectivity index (χ4v) is 2.84. The predicted molar refractivity (Wildman–Crippen MR) is 72.2 cm³/mol. The summed E-state index contributed by atoms with van der Waals surface area (Å²) >= 11 is -1.15. The van der Waals surface area contributed by atoms with Crippen LogP contribution in [-0.4, -0.2) is 23.7 Å². The van der Waals surface area contributed by atoms with Crippen LogP contribution in [0.2, 0.25) is 0 Å². The highest BCUT2D eigenvalue weighted by Gasteiger charge is 2.13. The van der Waals surface area contributed by atoms with Crippen molar-refractivity contribution >= 4 is 28.5 Å². The van der Waals surface area contributed by atoms with Crippen molar-refractivity contribution in [1.82, 2.24) is 15.0 Å². The number of nitrogen functional groups attached to an aromatic ring is 1. The van der Waals surface area contributed by atoms with Gasteiger partial charge in [-0.25, -0.2) is 15.0 Å². The number of hydrogen-bond donors (Lipinski definition) is 2. The van der Waals surface area contributed by atoms with Gasteiger partial charge in [-0.15, -0.1) is 0 Å². The van der Waals surface area contributed by atoms with Crippen molar-refractivity contribution in [3.63, 3.8) is 0 Å². The standard InChI is InChI=1S/C10H12N4O3S2/c1-5-10(17-19(15)16)18-8(13-5)3-7-4-12-6(2)14-9(7)11/h4H,3H2,1-2H3,(H,15,16)(H2,11,12,14). The van der Waals surface area contributed by atoms with Gasteiger partial charge < -0.3 is 9.92 Å². The second kappa shape index (κ2) is 5.59. The minimum atomic E-state index is -2.35. The zero-order valence-electron chi connectivity index (χ0n) is 10.3. The summed E-state index contributed by atoms with van der Waals surface area (Å²) in [7, 11) is 0. The number of rotatable bonds is 4. The summed E-state index contributed by atoms with van der Waals surface area (Å²) in [5.41, 5.74) is 7.12. The quantitative estimate of drug-likeness (QED) is 0.817. The van der Waals surface area contributed by atoms with Gasteiger partial charge in [-0.05, 0) is 13.8 Å². The third-order valence-corrected chi connectivity index (χ3v) is 3.76. The molecule has 2 aromatic rings. The maximum atomic E-state index is 10.6. The molecule has 0 bridgehead atoms. The number of anilines is 1. The molecule has 0 saturated carbocycles. The van der Waals surface area contributed by atoms with E-state index >= 15 is 0 Å². The fraction of sp³-hybridized carbons (Fsp3) is 0.300. The molecule has 0 amide bonds. The average molecular weight is 300 g/mol. The Morgan fingerprint density at radius 2 is 2.21 bits per heavy atom. The van der Waals surface area contributed by atoms with E-state index in [2.05, 4.69) is 15.0 Å². The molecular formula is C10H12N4O3S2. The van der Waals surface area contributed by atoms with Gasteiger partial charge in [0.25, 0.3) is 0 Å². The molecule has 0 spiro atoms. The summed E-state index contributed by atoms with van der Waals surface area (Å²) in [4.78, 5) is 12.4. The van der Waals surface area contributed by atoms with Crippen LogP contribution in [0.5, 0.6) is 5.06 Å². The second-order valence-electron chi connectivity index (χ2n) is 3.79. The van der Waals surface area contributed by atoms with Gasteiger partial charge in [0.2, 0.25) is 5.06 Å². The van der Waals surface area contributed by atoms with Crippen LogP contribution >= 0.6 is 11.3 Å². The van der Waals surface area contributed by atoms with E-state index in [1.165, 1.54) is 11.3 Å². The fourth-order valence-electron chi connectivity index (χ4n) is 1.47. The van der Waals surface area contributed by atoms with Crippen molar-refractivity contribution in [2.75, 3.05) is 5.73 Å². The zero-order chi connectivity index (χ0) is 14.0. The van der Waals surface area contributed by atoms with E-state index in [-0.39, 0.29) is 0 Å². The molecule has 19 heavy (non-hydrogen) atoms. The van der Waals surface area contributed by atoms with Crippen LogP contribution in [0.25, 0.3) is 0 Å². The van der Waals surface area contributed by atoms with Crippen molar-refractivity contribution < 1.29 is 12.9 Å². The van der Waals surface area contributed by atoms with E-state index in [0.717, 1.165) is 10.6 Å². The lowest BCUT2D eigenvalue weighted by atomic mass is 10.2. The van der Waals surface area contributed by atoms with Crippen molar-refractivity contribution in [2.45, 2.75) is 20.3 Å². The molecule has 0 aliphatic carbocycles. The summed E-state index contributed by atoms with van der Waals surface area (Å²) < 4.78 is 24.0. The average Bonchev–Trinajstić information content (AvgIpc) is 2.62. The molecular weight excluding hydrogens is 288 g/mol. The molecule has 0 saturated heterocycles. The molecule has 2 rings (SSSR count). The van der Waals surface area contributed by atoms with E-state index in [1.54, 1.807) is 20.0 Å². The smallest absolute Gasteiger partial charge is 0.358 e. The number of hydrogen-bond acceptors (Lipinski definition) is 7. The molecule has 0 aliphatic heterocycles. The van der Waals surface area contributed by atoms with E-state index in [9.17, 15) is 4.21 Å². The topological polar surface area (TPSA) is 111 Å². The van der Waals surface area contributed by atoms with Crippen LogP contribution in [0.15, 0.2) is 6.20 Å². The Morgan fingerprint density at radius 1 is 1.47 bits per heavy atom. The third kappa shape index (κ3) is 3.46. The van der Waals surface area contributed by atoms with Crippen LogP contribution in [-0.2, 0) is 17.8 Å². The SMILES string of the molecule is Cc1ncc(Cc2nc(C)c(OS(=O)O)s2)c(N)n1. The summed E-state index contributed by atoms with van der Waals surface area (Å²) in [6, 6.07) is 0. The summed E-state index contributed by atoms with van der Waals surface area (Å²) in [5, 5.41) is 1.04. The minimum absolute atomic E-state index is 0.322. The van der Waals surface area contributed by atoms with E-state index in [4.69, 9.17) is 14.5 Å². The molecule has 0 aromatic carbocycles. The maximum Gasteiger partial charge on any atom is 0.358 e. The highest BCUT2D eigenvalue weighted by atomic mass is 32.2. The van der Waals surface area contributed by atoms with Crippen LogP contribution in [0.3, 0.4) is 0 Å². The summed E-state index contributed by atoms with van der Waals surface area (Å²) in [6.45, 7) is 3.47. The zero-order valence-corrected chi connectivity index (χ0v) is 11.9. The lowest BCUT2D eigenvalue weighted by molar-refractivity contribution is 0.461. The molecule has 2 aromatic heterocycles. The first-order valence-electron chi connectivity index (χ1n) is 5.29. The summed E-state index contributed by atoms with van der Waals surface area (Å²) in [5.74, 6) is 1.02. The van der Waals surface area contributed by atoms with E-state index in [0.29, 0.717) is 28.8 Å². The molecule has 0 radical (unpaired) electrons. The molecule has 1 unspecified atom stereocenters. The Bertz CT molecular complexity index is 629. The van der Waals surface area contributed by atoms with Gasteiger partial charge in [-0.1, -0.05) is 11.3 Å². The van der Waals surface area contributed by atoms with Crippen molar-refractivity contribution in [1.29, 1.82) is 0 Å². The van der Waals surface area contributed by atoms with E-state index < -0.39 is 11.4 Å². The molecule has 3 N–H and O–H groups in total. The highest BCUT2D eigenvalue weighted by Crippen LogP contribution is 2.29. The van der Waals surface area contributed by atoms with Gasteiger partial charge >= 0.3 is 11.4 Å². The third-order valence-electron chi connectivity index (χ3n) is 2.31. The Balaban J connectivity index is 2.21. The monoisotopic (exact) mass is 300 g/mol. The van der Waals surface area contributed by atoms with Gasteiger partial charge in [-0.3, -0.25) is 4.55 Å². The van der Waals surface area contributed by atoms with Gasteiger partial charge in [-0.2, -0.15) is 4.21 Å². The van der Waals surface area contributed by atoms with Crippen LogP contribution in [0, 0.1) is 13.8 Å². The number of nitrogens with zero attached hydrogens (tertiary/aromatic N) is 3. The van der Waals surface area contributed by atoms with Crippen molar-refractivity contribution in [3.05, 3.63) is 28.3 Å². The Labute approximate surface area is 116 Å². The number of aryl methyl sites for hydroxylation is 2. The Kier molecular flexibility index (Phi) is 4.08.